The molecule has 1 unspecified atom stereocenters. The Morgan fingerprint density at radius 3 is 2.78 bits per heavy atom. The predicted octanol–water partition coefficient (Wildman–Crippen LogP) is 1.58. The van der Waals surface area contributed by atoms with Crippen molar-refractivity contribution in [3.63, 3.8) is 0 Å². The van der Waals surface area contributed by atoms with Crippen LogP contribution >= 0.6 is 15.9 Å². The van der Waals surface area contributed by atoms with Crippen molar-refractivity contribution in [3.8, 4) is 0 Å². The quantitative estimate of drug-likeness (QED) is 0.811. The van der Waals surface area contributed by atoms with Crippen LogP contribution in [0.2, 0.25) is 0 Å². The van der Waals surface area contributed by atoms with Gasteiger partial charge in [-0.2, -0.15) is 5.10 Å². The highest BCUT2D eigenvalue weighted by Gasteiger charge is 2.16. The first-order valence-corrected chi connectivity index (χ1v) is 6.85. The smallest absolute Gasteiger partial charge is 0.244 e. The molecule has 1 rings (SSSR count). The number of hydrogen-bond donors (Lipinski definition) is 1. The van der Waals surface area contributed by atoms with E-state index in [4.69, 9.17) is 0 Å². The zero-order chi connectivity index (χ0) is 13.7. The number of carbonyl (C=O) groups is 1. The second-order valence-electron chi connectivity index (χ2n) is 4.67. The van der Waals surface area contributed by atoms with E-state index < -0.39 is 0 Å². The summed E-state index contributed by atoms with van der Waals surface area (Å²) in [5.41, 5.74) is 0.891. The second-order valence-corrected chi connectivity index (χ2v) is 5.52. The topological polar surface area (TPSA) is 50.2 Å². The summed E-state index contributed by atoms with van der Waals surface area (Å²) in [6.07, 6.45) is 2.78. The molecule has 102 valence electrons. The molecule has 0 saturated carbocycles. The van der Waals surface area contributed by atoms with E-state index in [9.17, 15) is 4.79 Å². The van der Waals surface area contributed by atoms with Gasteiger partial charge in [0.2, 0.25) is 5.91 Å². The van der Waals surface area contributed by atoms with Crippen molar-refractivity contribution in [2.24, 2.45) is 0 Å². The maximum atomic E-state index is 11.9. The minimum absolute atomic E-state index is 0.00348. The van der Waals surface area contributed by atoms with Gasteiger partial charge < -0.3 is 10.2 Å². The second kappa shape index (κ2) is 6.89. The molecule has 0 bridgehead atoms. The molecule has 1 heterocycles. The lowest BCUT2D eigenvalue weighted by Crippen LogP contribution is -2.33. The van der Waals surface area contributed by atoms with Crippen LogP contribution in [-0.2, 0) is 4.79 Å². The lowest BCUT2D eigenvalue weighted by Gasteiger charge is -2.14. The van der Waals surface area contributed by atoms with Crippen LogP contribution in [0.4, 0.5) is 0 Å². The van der Waals surface area contributed by atoms with Crippen LogP contribution in [0.1, 0.15) is 25.1 Å². The number of aromatic nitrogens is 2. The molecular formula is C12H21BrN4O. The Morgan fingerprint density at radius 1 is 1.61 bits per heavy atom. The molecule has 0 aliphatic carbocycles. The van der Waals surface area contributed by atoms with Crippen molar-refractivity contribution < 1.29 is 4.79 Å². The van der Waals surface area contributed by atoms with E-state index in [0.29, 0.717) is 6.54 Å². The van der Waals surface area contributed by atoms with Gasteiger partial charge in [0, 0.05) is 12.7 Å². The molecule has 0 spiro atoms. The largest absolute Gasteiger partial charge is 0.354 e. The molecule has 1 aromatic rings. The van der Waals surface area contributed by atoms with Crippen molar-refractivity contribution >= 4 is 21.8 Å². The zero-order valence-corrected chi connectivity index (χ0v) is 13.0. The molecule has 0 saturated heterocycles. The van der Waals surface area contributed by atoms with Crippen LogP contribution < -0.4 is 5.32 Å². The molecule has 0 aromatic carbocycles. The van der Waals surface area contributed by atoms with Gasteiger partial charge in [0.25, 0.3) is 0 Å². The Labute approximate surface area is 117 Å². The van der Waals surface area contributed by atoms with Gasteiger partial charge in [-0.1, -0.05) is 0 Å². The van der Waals surface area contributed by atoms with Gasteiger partial charge in [0.05, 0.1) is 10.2 Å². The molecule has 1 amide bonds. The molecule has 0 aliphatic rings. The van der Waals surface area contributed by atoms with E-state index >= 15 is 0 Å². The van der Waals surface area contributed by atoms with E-state index in [0.717, 1.165) is 23.1 Å². The van der Waals surface area contributed by atoms with Gasteiger partial charge in [-0.05, 0) is 56.8 Å². The van der Waals surface area contributed by atoms with Crippen molar-refractivity contribution in [1.82, 2.24) is 20.0 Å². The molecule has 1 N–H and O–H groups in total. The predicted molar refractivity (Wildman–Crippen MR) is 75.6 cm³/mol. The number of carbonyl (C=O) groups excluding carboxylic acids is 1. The highest BCUT2D eigenvalue weighted by molar-refractivity contribution is 9.10. The first-order valence-electron chi connectivity index (χ1n) is 6.05. The number of nitrogens with one attached hydrogen (secondary N) is 1. The highest BCUT2D eigenvalue weighted by Crippen LogP contribution is 2.16. The van der Waals surface area contributed by atoms with Crippen LogP contribution in [0.25, 0.3) is 0 Å². The minimum Gasteiger partial charge on any atom is -0.354 e. The Hall–Kier alpha value is -0.880. The molecular weight excluding hydrogens is 296 g/mol. The number of rotatable bonds is 6. The van der Waals surface area contributed by atoms with E-state index in [1.165, 1.54) is 0 Å². The van der Waals surface area contributed by atoms with Gasteiger partial charge >= 0.3 is 0 Å². The zero-order valence-electron chi connectivity index (χ0n) is 11.4. The number of aryl methyl sites for hydroxylation is 1. The first-order chi connectivity index (χ1) is 8.41. The fourth-order valence-electron chi connectivity index (χ4n) is 1.53. The summed E-state index contributed by atoms with van der Waals surface area (Å²) in [4.78, 5) is 14.0. The SMILES string of the molecule is Cc1nn(C(C)C(=O)NCCCN(C)C)cc1Br. The molecule has 0 aliphatic heterocycles. The van der Waals surface area contributed by atoms with Crippen molar-refractivity contribution in [2.45, 2.75) is 26.3 Å². The van der Waals surface area contributed by atoms with Gasteiger partial charge in [0.15, 0.2) is 0 Å². The fraction of sp³-hybridized carbons (Fsp3) is 0.667. The third-order valence-electron chi connectivity index (χ3n) is 2.71. The normalized spacial score (nSPS) is 12.8. The standard InChI is InChI=1S/C12H21BrN4O/c1-9-11(13)8-17(15-9)10(2)12(18)14-6-5-7-16(3)4/h8,10H,5-7H2,1-4H3,(H,14,18). The van der Waals surface area contributed by atoms with Crippen molar-refractivity contribution in [1.29, 1.82) is 0 Å². The molecule has 18 heavy (non-hydrogen) atoms. The Bertz CT molecular complexity index is 383. The van der Waals surface area contributed by atoms with Crippen LogP contribution in [0, 0.1) is 6.92 Å². The minimum atomic E-state index is -0.283. The lowest BCUT2D eigenvalue weighted by molar-refractivity contribution is -0.124. The number of halogens is 1. The molecule has 5 nitrogen and oxygen atoms in total. The van der Waals surface area contributed by atoms with E-state index in [1.54, 1.807) is 4.68 Å². The fourth-order valence-corrected chi connectivity index (χ4v) is 1.82. The monoisotopic (exact) mass is 316 g/mol. The molecule has 6 heteroatoms. The Balaban J connectivity index is 2.42. The third-order valence-corrected chi connectivity index (χ3v) is 3.49. The van der Waals surface area contributed by atoms with Gasteiger partial charge in [-0.15, -0.1) is 0 Å². The van der Waals surface area contributed by atoms with Gasteiger partial charge in [0.1, 0.15) is 6.04 Å². The number of amides is 1. The number of nitrogens with zero attached hydrogens (tertiary/aromatic N) is 3. The van der Waals surface area contributed by atoms with Crippen LogP contribution in [0.5, 0.6) is 0 Å². The Kier molecular flexibility index (Phi) is 5.81. The summed E-state index contributed by atoms with van der Waals surface area (Å²) in [7, 11) is 4.04. The highest BCUT2D eigenvalue weighted by atomic mass is 79.9. The summed E-state index contributed by atoms with van der Waals surface area (Å²) >= 11 is 3.39. The van der Waals surface area contributed by atoms with E-state index in [1.807, 2.05) is 34.1 Å². The summed E-state index contributed by atoms with van der Waals surface area (Å²) in [6.45, 7) is 5.42. The average molecular weight is 317 g/mol. The average Bonchev–Trinajstić information content (AvgIpc) is 2.63. The van der Waals surface area contributed by atoms with Crippen LogP contribution in [-0.4, -0.2) is 47.8 Å². The summed E-state index contributed by atoms with van der Waals surface area (Å²) in [5.74, 6) is 0.00348. The maximum absolute atomic E-state index is 11.9. The lowest BCUT2D eigenvalue weighted by atomic mass is 10.3. The third kappa shape index (κ3) is 4.42. The summed E-state index contributed by atoms with van der Waals surface area (Å²) in [5, 5.41) is 7.21. The van der Waals surface area contributed by atoms with Crippen molar-refractivity contribution in [2.75, 3.05) is 27.2 Å². The maximum Gasteiger partial charge on any atom is 0.244 e. The molecule has 0 fully saturated rings. The van der Waals surface area contributed by atoms with Crippen LogP contribution in [0.3, 0.4) is 0 Å². The van der Waals surface area contributed by atoms with Gasteiger partial charge in [-0.3, -0.25) is 9.48 Å². The summed E-state index contributed by atoms with van der Waals surface area (Å²) in [6, 6.07) is -0.283. The van der Waals surface area contributed by atoms with Gasteiger partial charge in [-0.25, -0.2) is 0 Å². The Morgan fingerprint density at radius 2 is 2.28 bits per heavy atom. The summed E-state index contributed by atoms with van der Waals surface area (Å²) < 4.78 is 2.61. The first kappa shape index (κ1) is 15.2. The number of hydrogen-bond acceptors (Lipinski definition) is 3. The van der Waals surface area contributed by atoms with Crippen LogP contribution in [0.15, 0.2) is 10.7 Å². The molecule has 1 aromatic heterocycles. The molecule has 0 radical (unpaired) electrons. The van der Waals surface area contributed by atoms with Crippen molar-refractivity contribution in [3.05, 3.63) is 16.4 Å². The molecule has 1 atom stereocenters. The van der Waals surface area contributed by atoms with E-state index in [2.05, 4.69) is 31.2 Å². The van der Waals surface area contributed by atoms with E-state index in [-0.39, 0.29) is 11.9 Å².